The fraction of sp³-hybridized carbons (Fsp3) is 0.133. The summed E-state index contributed by atoms with van der Waals surface area (Å²) < 4.78 is 40.3. The maximum atomic E-state index is 14.4. The van der Waals surface area contributed by atoms with E-state index in [-0.39, 0.29) is 16.1 Å². The molecule has 2 aromatic rings. The summed E-state index contributed by atoms with van der Waals surface area (Å²) in [6.07, 6.45) is 0. The van der Waals surface area contributed by atoms with Gasteiger partial charge in [-0.25, -0.2) is 22.3 Å². The van der Waals surface area contributed by atoms with E-state index in [1.807, 2.05) is 4.72 Å². The van der Waals surface area contributed by atoms with Crippen LogP contribution in [0, 0.1) is 5.82 Å². The average Bonchev–Trinajstić information content (AvgIpc) is 2.45. The number of hydrogen-bond donors (Lipinski definition) is 2. The van der Waals surface area contributed by atoms with Crippen LogP contribution in [0.1, 0.15) is 24.0 Å². The molecule has 1 aliphatic rings. The van der Waals surface area contributed by atoms with Crippen LogP contribution >= 0.6 is 11.6 Å². The Morgan fingerprint density at radius 3 is 2.57 bits per heavy atom. The lowest BCUT2D eigenvalue weighted by Crippen LogP contribution is -2.40. The van der Waals surface area contributed by atoms with E-state index in [9.17, 15) is 17.6 Å². The molecule has 1 heterocycles. The van der Waals surface area contributed by atoms with Crippen LogP contribution in [0.4, 0.5) is 14.9 Å². The van der Waals surface area contributed by atoms with E-state index >= 15 is 0 Å². The summed E-state index contributed by atoms with van der Waals surface area (Å²) in [6, 6.07) is 8.15. The van der Waals surface area contributed by atoms with Crippen molar-refractivity contribution in [3.63, 3.8) is 0 Å². The van der Waals surface area contributed by atoms with Crippen LogP contribution in [0.15, 0.2) is 41.3 Å². The van der Waals surface area contributed by atoms with E-state index in [1.165, 1.54) is 0 Å². The molecule has 1 atom stereocenters. The molecular weight excluding hydrogens is 343 g/mol. The fourth-order valence-corrected chi connectivity index (χ4v) is 4.03. The molecule has 0 spiro atoms. The maximum Gasteiger partial charge on any atom is 0.333 e. The van der Waals surface area contributed by atoms with Gasteiger partial charge in [0.1, 0.15) is 10.7 Å². The highest BCUT2D eigenvalue weighted by molar-refractivity contribution is 7.90. The summed E-state index contributed by atoms with van der Waals surface area (Å²) in [5.74, 6) is -1.17. The topological polar surface area (TPSA) is 75.3 Å². The summed E-state index contributed by atoms with van der Waals surface area (Å²) in [7, 11) is -4.02. The first-order valence-electron chi connectivity index (χ1n) is 6.72. The van der Waals surface area contributed by atoms with Crippen molar-refractivity contribution in [3.05, 3.63) is 58.4 Å². The first-order valence-corrected chi connectivity index (χ1v) is 8.58. The Morgan fingerprint density at radius 2 is 1.87 bits per heavy atom. The second kappa shape index (κ2) is 5.50. The second-order valence-corrected chi connectivity index (χ2v) is 7.20. The molecule has 0 bridgehead atoms. The van der Waals surface area contributed by atoms with E-state index in [0.29, 0.717) is 10.6 Å². The number of nitrogens with one attached hydrogen (secondary N) is 2. The summed E-state index contributed by atoms with van der Waals surface area (Å²) >= 11 is 6.15. The van der Waals surface area contributed by atoms with E-state index in [1.54, 1.807) is 31.2 Å². The molecule has 120 valence electrons. The van der Waals surface area contributed by atoms with E-state index in [4.69, 9.17) is 11.6 Å². The second-order valence-electron chi connectivity index (χ2n) is 5.14. The molecule has 1 unspecified atom stereocenters. The summed E-state index contributed by atoms with van der Waals surface area (Å²) in [5.41, 5.74) is 0.654. The van der Waals surface area contributed by atoms with Gasteiger partial charge in [0.15, 0.2) is 0 Å². The fourth-order valence-electron chi connectivity index (χ4n) is 2.65. The quantitative estimate of drug-likeness (QED) is 0.867. The Balaban J connectivity index is 2.25. The normalized spacial score (nSPS) is 16.9. The zero-order valence-corrected chi connectivity index (χ0v) is 13.5. The molecule has 0 radical (unpaired) electrons. The van der Waals surface area contributed by atoms with Crippen molar-refractivity contribution in [1.29, 1.82) is 0 Å². The number of carbonyl (C=O) groups excluding carboxylic acids is 1. The molecule has 2 N–H and O–H groups in total. The third kappa shape index (κ3) is 2.66. The number of fused-ring (bicyclic) bond motifs is 1. The first kappa shape index (κ1) is 15.8. The molecule has 0 saturated heterocycles. The number of rotatable bonds is 2. The lowest BCUT2D eigenvalue weighted by Gasteiger charge is -2.25. The summed E-state index contributed by atoms with van der Waals surface area (Å²) in [4.78, 5) is 11.4. The van der Waals surface area contributed by atoms with Gasteiger partial charge >= 0.3 is 6.03 Å². The highest BCUT2D eigenvalue weighted by Crippen LogP contribution is 2.39. The lowest BCUT2D eigenvalue weighted by atomic mass is 9.91. The number of halogens is 2. The van der Waals surface area contributed by atoms with Crippen LogP contribution in [0.25, 0.3) is 0 Å². The lowest BCUT2D eigenvalue weighted by molar-refractivity contribution is 0.256. The monoisotopic (exact) mass is 354 g/mol. The predicted octanol–water partition coefficient (Wildman–Crippen LogP) is 3.45. The van der Waals surface area contributed by atoms with Gasteiger partial charge in [0.2, 0.25) is 0 Å². The number of carbonyl (C=O) groups is 1. The Hall–Kier alpha value is -2.12. The van der Waals surface area contributed by atoms with Crippen molar-refractivity contribution in [1.82, 2.24) is 4.72 Å². The molecule has 3 rings (SSSR count). The minimum Gasteiger partial charge on any atom is -0.305 e. The number of amides is 2. The van der Waals surface area contributed by atoms with Crippen molar-refractivity contribution in [2.75, 3.05) is 5.32 Å². The van der Waals surface area contributed by atoms with Crippen LogP contribution in [0.2, 0.25) is 5.02 Å². The number of sulfonamides is 1. The number of anilines is 1. The molecule has 5 nitrogen and oxygen atoms in total. The molecule has 0 saturated carbocycles. The number of urea groups is 1. The van der Waals surface area contributed by atoms with Crippen LogP contribution in [-0.2, 0) is 10.0 Å². The third-order valence-electron chi connectivity index (χ3n) is 3.71. The highest BCUT2D eigenvalue weighted by Gasteiger charge is 2.33. The SMILES string of the molecule is CC(c1ccccc1Cl)c1c(F)ccc2c1NC(=O)NS2(=O)=O. The van der Waals surface area contributed by atoms with Crippen LogP contribution in [0.3, 0.4) is 0 Å². The van der Waals surface area contributed by atoms with Crippen molar-refractivity contribution >= 4 is 33.3 Å². The minimum atomic E-state index is -4.02. The molecule has 1 aliphatic heterocycles. The van der Waals surface area contributed by atoms with Crippen LogP contribution in [-0.4, -0.2) is 14.4 Å². The predicted molar refractivity (Wildman–Crippen MR) is 84.7 cm³/mol. The molecular formula is C15H12ClFN2O3S. The van der Waals surface area contributed by atoms with Crippen molar-refractivity contribution in [2.45, 2.75) is 17.7 Å². The van der Waals surface area contributed by atoms with Gasteiger partial charge in [0.25, 0.3) is 10.0 Å². The molecule has 0 aromatic heterocycles. The van der Waals surface area contributed by atoms with Gasteiger partial charge in [-0.2, -0.15) is 0 Å². The summed E-state index contributed by atoms with van der Waals surface area (Å²) in [5, 5.41) is 2.81. The Bertz CT molecular complexity index is 915. The highest BCUT2D eigenvalue weighted by atomic mass is 35.5. The van der Waals surface area contributed by atoms with Crippen LogP contribution < -0.4 is 10.0 Å². The van der Waals surface area contributed by atoms with Gasteiger partial charge in [-0.15, -0.1) is 0 Å². The third-order valence-corrected chi connectivity index (χ3v) is 5.43. The van der Waals surface area contributed by atoms with Gasteiger partial charge in [-0.05, 0) is 23.8 Å². The smallest absolute Gasteiger partial charge is 0.305 e. The number of benzene rings is 2. The van der Waals surface area contributed by atoms with Crippen molar-refractivity contribution in [2.24, 2.45) is 0 Å². The molecule has 2 amide bonds. The Labute approximate surface area is 137 Å². The molecule has 23 heavy (non-hydrogen) atoms. The maximum absolute atomic E-state index is 14.4. The standard InChI is InChI=1S/C15H12ClFN2O3S/c1-8(9-4-2-3-5-10(9)16)13-11(17)6-7-12-14(13)18-15(20)19-23(12,21)22/h2-8H,1H3,(H2,18,19,20). The first-order chi connectivity index (χ1) is 10.8. The molecule has 8 heteroatoms. The zero-order chi connectivity index (χ0) is 16.8. The molecule has 0 aliphatic carbocycles. The van der Waals surface area contributed by atoms with Gasteiger partial charge in [-0.3, -0.25) is 0 Å². The van der Waals surface area contributed by atoms with Crippen LogP contribution in [0.5, 0.6) is 0 Å². The van der Waals surface area contributed by atoms with Gasteiger partial charge in [0, 0.05) is 16.5 Å². The van der Waals surface area contributed by atoms with E-state index in [0.717, 1.165) is 12.1 Å². The Morgan fingerprint density at radius 1 is 1.17 bits per heavy atom. The number of hydrogen-bond acceptors (Lipinski definition) is 3. The zero-order valence-electron chi connectivity index (χ0n) is 11.9. The Kier molecular flexibility index (Phi) is 3.77. The molecule has 0 fully saturated rings. The van der Waals surface area contributed by atoms with Gasteiger partial charge < -0.3 is 5.32 Å². The van der Waals surface area contributed by atoms with Crippen molar-refractivity contribution < 1.29 is 17.6 Å². The van der Waals surface area contributed by atoms with E-state index in [2.05, 4.69) is 5.32 Å². The summed E-state index contributed by atoms with van der Waals surface area (Å²) in [6.45, 7) is 1.70. The molecule has 2 aromatic carbocycles. The average molecular weight is 355 g/mol. The van der Waals surface area contributed by atoms with Gasteiger partial charge in [-0.1, -0.05) is 36.7 Å². The minimum absolute atomic E-state index is 0.0545. The van der Waals surface area contributed by atoms with Gasteiger partial charge in [0.05, 0.1) is 5.69 Å². The van der Waals surface area contributed by atoms with E-state index < -0.39 is 27.8 Å². The van der Waals surface area contributed by atoms with Crippen molar-refractivity contribution in [3.8, 4) is 0 Å². The largest absolute Gasteiger partial charge is 0.333 e.